The number of rotatable bonds is 5. The van der Waals surface area contributed by atoms with Gasteiger partial charge in [-0.1, -0.05) is 53.7 Å². The molecule has 0 aliphatic rings. The molecule has 2 nitrogen and oxygen atoms in total. The van der Waals surface area contributed by atoms with Gasteiger partial charge < -0.3 is 10.2 Å². The fourth-order valence-electron chi connectivity index (χ4n) is 2.78. The summed E-state index contributed by atoms with van der Waals surface area (Å²) in [6, 6.07) is 6.56. The zero-order valence-electron chi connectivity index (χ0n) is 15.8. The molecule has 0 fully saturated rings. The third kappa shape index (κ3) is 5.77. The van der Waals surface area contributed by atoms with Gasteiger partial charge in [0, 0.05) is 11.8 Å². The van der Waals surface area contributed by atoms with Crippen LogP contribution in [-0.2, 0) is 16.3 Å². The molecule has 0 heterocycles. The molecule has 1 atom stereocenters. The smallest absolute Gasteiger partial charge is 0.171 e. The SMILES string of the molecule is C[SiH](C)OC(CCc1ccc(C(C)(C)C)c(N)c1)C(C)(C)C. The maximum atomic E-state index is 6.26. The lowest BCUT2D eigenvalue weighted by Crippen LogP contribution is -2.33. The molecule has 1 aromatic rings. The second-order valence-corrected chi connectivity index (χ2v) is 11.1. The molecule has 0 aliphatic carbocycles. The van der Waals surface area contributed by atoms with Crippen molar-refractivity contribution in [2.45, 2.75) is 79.0 Å². The Morgan fingerprint density at radius 3 is 2.09 bits per heavy atom. The Morgan fingerprint density at radius 2 is 1.68 bits per heavy atom. The number of hydrogen-bond donors (Lipinski definition) is 1. The van der Waals surface area contributed by atoms with E-state index in [0.717, 1.165) is 18.5 Å². The van der Waals surface area contributed by atoms with Crippen molar-refractivity contribution in [1.29, 1.82) is 0 Å². The van der Waals surface area contributed by atoms with Crippen LogP contribution in [0.5, 0.6) is 0 Å². The van der Waals surface area contributed by atoms with Gasteiger partial charge in [0.1, 0.15) is 0 Å². The van der Waals surface area contributed by atoms with Gasteiger partial charge in [0.25, 0.3) is 0 Å². The minimum Gasteiger partial charge on any atom is -0.417 e. The van der Waals surface area contributed by atoms with Crippen LogP contribution in [0.2, 0.25) is 13.1 Å². The van der Waals surface area contributed by atoms with E-state index in [1.807, 2.05) is 0 Å². The Balaban J connectivity index is 2.80. The number of benzene rings is 1. The molecule has 2 N–H and O–H groups in total. The van der Waals surface area contributed by atoms with Crippen LogP contribution in [0.25, 0.3) is 0 Å². The quantitative estimate of drug-likeness (QED) is 0.617. The van der Waals surface area contributed by atoms with E-state index < -0.39 is 9.04 Å². The zero-order chi connectivity index (χ0) is 17.1. The number of anilines is 1. The molecule has 0 amide bonds. The Hall–Kier alpha value is -0.803. The summed E-state index contributed by atoms with van der Waals surface area (Å²) in [7, 11) is -1.02. The molecule has 3 heteroatoms. The average molecular weight is 322 g/mol. The second kappa shape index (κ2) is 7.18. The molecule has 0 aromatic heterocycles. The van der Waals surface area contributed by atoms with Gasteiger partial charge in [-0.3, -0.25) is 0 Å². The van der Waals surface area contributed by atoms with Crippen LogP contribution in [0.15, 0.2) is 18.2 Å². The van der Waals surface area contributed by atoms with Crippen molar-refractivity contribution in [2.24, 2.45) is 5.41 Å². The maximum Gasteiger partial charge on any atom is 0.171 e. The minimum atomic E-state index is -1.02. The van der Waals surface area contributed by atoms with Gasteiger partial charge in [0.05, 0.1) is 0 Å². The lowest BCUT2D eigenvalue weighted by atomic mass is 9.83. The zero-order valence-corrected chi connectivity index (χ0v) is 16.9. The number of hydrogen-bond acceptors (Lipinski definition) is 2. The summed E-state index contributed by atoms with van der Waals surface area (Å²) >= 11 is 0. The Kier molecular flexibility index (Phi) is 6.28. The molecule has 0 bridgehead atoms. The van der Waals surface area contributed by atoms with Gasteiger partial charge in [0.2, 0.25) is 0 Å². The van der Waals surface area contributed by atoms with Crippen molar-refractivity contribution in [3.8, 4) is 0 Å². The first-order valence-electron chi connectivity index (χ1n) is 8.45. The molecule has 0 spiro atoms. The molecule has 0 aliphatic heterocycles. The van der Waals surface area contributed by atoms with Crippen molar-refractivity contribution >= 4 is 14.7 Å². The Bertz CT molecular complexity index is 483. The highest BCUT2D eigenvalue weighted by molar-refractivity contribution is 6.48. The van der Waals surface area contributed by atoms with Crippen molar-refractivity contribution in [1.82, 2.24) is 0 Å². The molecular formula is C19H35NOSi. The first kappa shape index (κ1) is 19.2. The van der Waals surface area contributed by atoms with E-state index in [0.29, 0.717) is 6.10 Å². The lowest BCUT2D eigenvalue weighted by Gasteiger charge is -2.33. The van der Waals surface area contributed by atoms with E-state index >= 15 is 0 Å². The predicted molar refractivity (Wildman–Crippen MR) is 101 cm³/mol. The van der Waals surface area contributed by atoms with Crippen LogP contribution in [0.1, 0.15) is 59.1 Å². The van der Waals surface area contributed by atoms with Gasteiger partial charge in [-0.25, -0.2) is 0 Å². The second-order valence-electron chi connectivity index (χ2n) is 8.75. The third-order valence-corrected chi connectivity index (χ3v) is 4.89. The first-order valence-corrected chi connectivity index (χ1v) is 11.2. The number of nitrogen functional groups attached to an aromatic ring is 1. The highest BCUT2D eigenvalue weighted by atomic mass is 28.3. The molecule has 0 radical (unpaired) electrons. The molecular weight excluding hydrogens is 286 g/mol. The normalized spacial score (nSPS) is 14.4. The minimum absolute atomic E-state index is 0.100. The maximum absolute atomic E-state index is 6.26. The van der Waals surface area contributed by atoms with Gasteiger partial charge in [-0.2, -0.15) is 0 Å². The summed E-state index contributed by atoms with van der Waals surface area (Å²) < 4.78 is 6.25. The van der Waals surface area contributed by atoms with E-state index in [1.165, 1.54) is 11.1 Å². The van der Waals surface area contributed by atoms with Crippen molar-refractivity contribution in [3.05, 3.63) is 29.3 Å². The van der Waals surface area contributed by atoms with Gasteiger partial charge in [-0.15, -0.1) is 0 Å². The number of aryl methyl sites for hydroxylation is 1. The van der Waals surface area contributed by atoms with E-state index in [1.54, 1.807) is 0 Å². The van der Waals surface area contributed by atoms with Gasteiger partial charge in [-0.05, 0) is 54.0 Å². The molecule has 0 saturated heterocycles. The monoisotopic (exact) mass is 321 g/mol. The highest BCUT2D eigenvalue weighted by Crippen LogP contribution is 2.30. The first-order chi connectivity index (χ1) is 9.91. The molecule has 1 unspecified atom stereocenters. The van der Waals surface area contributed by atoms with Crippen LogP contribution in [-0.4, -0.2) is 15.1 Å². The standard InChI is InChI=1S/C19H35NOSi/c1-18(2,3)15-11-9-14(13-16(15)20)10-12-17(19(4,5)6)21-22(7)8/h9,11,13,17,22H,10,12,20H2,1-8H3. The van der Waals surface area contributed by atoms with Crippen LogP contribution < -0.4 is 5.73 Å². The van der Waals surface area contributed by atoms with Crippen LogP contribution in [0.3, 0.4) is 0 Å². The average Bonchev–Trinajstić information content (AvgIpc) is 2.31. The summed E-state index contributed by atoms with van der Waals surface area (Å²) in [5, 5.41) is 0. The number of nitrogens with two attached hydrogens (primary N) is 1. The summed E-state index contributed by atoms with van der Waals surface area (Å²) in [4.78, 5) is 0. The fourth-order valence-corrected chi connectivity index (χ4v) is 3.98. The molecule has 0 saturated carbocycles. The Labute approximate surface area is 139 Å². The summed E-state index contributed by atoms with van der Waals surface area (Å²) in [6.45, 7) is 17.9. The topological polar surface area (TPSA) is 35.2 Å². The van der Waals surface area contributed by atoms with Crippen LogP contribution >= 0.6 is 0 Å². The third-order valence-electron chi connectivity index (χ3n) is 4.02. The van der Waals surface area contributed by atoms with Gasteiger partial charge in [0.15, 0.2) is 9.04 Å². The van der Waals surface area contributed by atoms with E-state index in [2.05, 4.69) is 72.8 Å². The highest BCUT2D eigenvalue weighted by Gasteiger charge is 2.26. The molecule has 1 rings (SSSR count). The van der Waals surface area contributed by atoms with Crippen molar-refractivity contribution in [3.63, 3.8) is 0 Å². The van der Waals surface area contributed by atoms with Crippen LogP contribution in [0.4, 0.5) is 5.69 Å². The molecule has 1 aromatic carbocycles. The molecule has 126 valence electrons. The Morgan fingerprint density at radius 1 is 1.09 bits per heavy atom. The summed E-state index contributed by atoms with van der Waals surface area (Å²) in [5.74, 6) is 0. The van der Waals surface area contributed by atoms with Crippen molar-refractivity contribution < 1.29 is 4.43 Å². The van der Waals surface area contributed by atoms with Crippen molar-refractivity contribution in [2.75, 3.05) is 5.73 Å². The van der Waals surface area contributed by atoms with E-state index in [9.17, 15) is 0 Å². The predicted octanol–water partition coefficient (Wildman–Crippen LogP) is 4.91. The largest absolute Gasteiger partial charge is 0.417 e. The molecule has 22 heavy (non-hydrogen) atoms. The summed E-state index contributed by atoms with van der Waals surface area (Å²) in [5.41, 5.74) is 10.0. The summed E-state index contributed by atoms with van der Waals surface area (Å²) in [6.07, 6.45) is 2.41. The van der Waals surface area contributed by atoms with E-state index in [4.69, 9.17) is 10.2 Å². The fraction of sp³-hybridized carbons (Fsp3) is 0.684. The van der Waals surface area contributed by atoms with Crippen LogP contribution in [0, 0.1) is 5.41 Å². The van der Waals surface area contributed by atoms with E-state index in [-0.39, 0.29) is 10.8 Å². The lowest BCUT2D eigenvalue weighted by molar-refractivity contribution is 0.0788. The van der Waals surface area contributed by atoms with Gasteiger partial charge >= 0.3 is 0 Å².